The Hall–Kier alpha value is -4.81. The van der Waals surface area contributed by atoms with Crippen LogP contribution in [0.15, 0.2) is 48.8 Å². The van der Waals surface area contributed by atoms with Crippen molar-refractivity contribution in [3.05, 3.63) is 65.7 Å². The van der Waals surface area contributed by atoms with E-state index in [1.165, 1.54) is 29.1 Å². The summed E-state index contributed by atoms with van der Waals surface area (Å²) in [6.07, 6.45) is -6.15. The molecule has 2 heterocycles. The van der Waals surface area contributed by atoms with Crippen molar-refractivity contribution in [1.82, 2.24) is 30.6 Å². The van der Waals surface area contributed by atoms with Gasteiger partial charge in [0.15, 0.2) is 5.69 Å². The Morgan fingerprint density at radius 1 is 0.955 bits per heavy atom. The molecule has 3 N–H and O–H groups in total. The van der Waals surface area contributed by atoms with Crippen molar-refractivity contribution in [2.45, 2.75) is 18.8 Å². The van der Waals surface area contributed by atoms with Crippen LogP contribution < -0.4 is 15.4 Å². The van der Waals surface area contributed by atoms with E-state index in [9.17, 15) is 40.3 Å². The maximum absolute atomic E-state index is 12.5. The van der Waals surface area contributed by atoms with E-state index in [4.69, 9.17) is 19.4 Å². The standard InChI is InChI=1S/C23H24F4N6O4.C2HF3O2/c24-7-10-36-11-12-37-20-13-16(21(34)30-15-23(25,26)27)4-5-19(20)33-14-18(31-32-33)22(35)29-9-6-17-3-1-2-8-28-17;3-2(4,5)1(6)7/h1-5,8,13-14H,6-7,9-12,15H2,(H,29,35)(H,30,34);(H,6,7). The summed E-state index contributed by atoms with van der Waals surface area (Å²) in [5.74, 6) is -4.13. The second-order valence-electron chi connectivity index (χ2n) is 8.31. The van der Waals surface area contributed by atoms with Gasteiger partial charge in [0.2, 0.25) is 0 Å². The molecule has 0 saturated heterocycles. The Kier molecular flexibility index (Phi) is 13.5. The molecule has 0 fully saturated rings. The summed E-state index contributed by atoms with van der Waals surface area (Å²) in [5, 5.41) is 19.4. The molecule has 19 heteroatoms. The number of aromatic nitrogens is 4. The zero-order valence-corrected chi connectivity index (χ0v) is 22.5. The Bertz CT molecular complexity index is 1370. The third kappa shape index (κ3) is 12.6. The minimum absolute atomic E-state index is 0.00486. The predicted molar refractivity (Wildman–Crippen MR) is 136 cm³/mol. The van der Waals surface area contributed by atoms with Gasteiger partial charge in [-0.15, -0.1) is 5.10 Å². The average molecular weight is 638 g/mol. The van der Waals surface area contributed by atoms with Gasteiger partial charge in [-0.3, -0.25) is 14.6 Å². The molecule has 0 saturated carbocycles. The number of rotatable bonds is 13. The van der Waals surface area contributed by atoms with E-state index in [1.807, 2.05) is 12.1 Å². The van der Waals surface area contributed by atoms with Crippen LogP contribution in [0.5, 0.6) is 5.75 Å². The summed E-state index contributed by atoms with van der Waals surface area (Å²) in [5.41, 5.74) is 0.978. The van der Waals surface area contributed by atoms with Crippen LogP contribution in [0, 0.1) is 0 Å². The third-order valence-electron chi connectivity index (χ3n) is 4.99. The zero-order chi connectivity index (χ0) is 32.8. The Labute approximate surface area is 244 Å². The molecule has 0 atom stereocenters. The first-order valence-corrected chi connectivity index (χ1v) is 12.4. The number of ether oxygens (including phenoxy) is 2. The van der Waals surface area contributed by atoms with Crippen LogP contribution in [-0.4, -0.2) is 94.8 Å². The molecule has 0 radical (unpaired) electrons. The van der Waals surface area contributed by atoms with Crippen molar-refractivity contribution in [3.63, 3.8) is 0 Å². The van der Waals surface area contributed by atoms with Crippen molar-refractivity contribution in [2.24, 2.45) is 0 Å². The highest BCUT2D eigenvalue weighted by atomic mass is 19.4. The van der Waals surface area contributed by atoms with Crippen molar-refractivity contribution < 1.29 is 59.7 Å². The molecule has 2 amide bonds. The Morgan fingerprint density at radius 3 is 2.30 bits per heavy atom. The number of benzene rings is 1. The number of hydrogen-bond donors (Lipinski definition) is 3. The Balaban J connectivity index is 0.000000860. The number of amides is 2. The fourth-order valence-electron chi connectivity index (χ4n) is 3.04. The summed E-state index contributed by atoms with van der Waals surface area (Å²) in [6.45, 7) is -2.00. The molecular formula is C25H25F7N6O6. The molecule has 240 valence electrons. The Morgan fingerprint density at radius 2 is 1.68 bits per heavy atom. The van der Waals surface area contributed by atoms with E-state index in [2.05, 4.69) is 20.6 Å². The van der Waals surface area contributed by atoms with Crippen molar-refractivity contribution in [3.8, 4) is 11.4 Å². The quantitative estimate of drug-likeness (QED) is 0.189. The minimum atomic E-state index is -5.08. The van der Waals surface area contributed by atoms with Crippen LogP contribution in [0.25, 0.3) is 5.69 Å². The molecule has 12 nitrogen and oxygen atoms in total. The number of alkyl halides is 7. The van der Waals surface area contributed by atoms with Crippen LogP contribution in [0.1, 0.15) is 26.5 Å². The summed E-state index contributed by atoms with van der Waals surface area (Å²) in [7, 11) is 0. The number of pyridine rings is 1. The molecule has 3 aromatic rings. The normalized spacial score (nSPS) is 11.2. The van der Waals surface area contributed by atoms with Gasteiger partial charge in [0, 0.05) is 30.4 Å². The van der Waals surface area contributed by atoms with Gasteiger partial charge in [0.05, 0.1) is 19.4 Å². The van der Waals surface area contributed by atoms with Crippen LogP contribution in [0.4, 0.5) is 30.7 Å². The van der Waals surface area contributed by atoms with Gasteiger partial charge in [0.1, 0.15) is 31.3 Å². The number of halogens is 7. The largest absolute Gasteiger partial charge is 0.490 e. The maximum Gasteiger partial charge on any atom is 0.490 e. The topological polar surface area (TPSA) is 158 Å². The summed E-state index contributed by atoms with van der Waals surface area (Å²) in [6, 6.07) is 9.36. The number of carboxylic acid groups (broad SMARTS) is 1. The minimum Gasteiger partial charge on any atom is -0.489 e. The number of hydrogen-bond acceptors (Lipinski definition) is 8. The van der Waals surface area contributed by atoms with Gasteiger partial charge in [-0.2, -0.15) is 26.3 Å². The van der Waals surface area contributed by atoms with Crippen molar-refractivity contribution in [2.75, 3.05) is 39.6 Å². The first kappa shape index (κ1) is 35.4. The average Bonchev–Trinajstić information content (AvgIpc) is 3.46. The number of aliphatic carboxylic acids is 1. The van der Waals surface area contributed by atoms with E-state index in [1.54, 1.807) is 17.6 Å². The van der Waals surface area contributed by atoms with Gasteiger partial charge >= 0.3 is 18.3 Å². The summed E-state index contributed by atoms with van der Waals surface area (Å²) >= 11 is 0. The summed E-state index contributed by atoms with van der Waals surface area (Å²) in [4.78, 5) is 37.7. The number of carbonyl (C=O) groups is 3. The van der Waals surface area contributed by atoms with Gasteiger partial charge < -0.3 is 25.2 Å². The van der Waals surface area contributed by atoms with E-state index in [0.717, 1.165) is 5.69 Å². The molecular weight excluding hydrogens is 613 g/mol. The zero-order valence-electron chi connectivity index (χ0n) is 22.5. The van der Waals surface area contributed by atoms with Crippen molar-refractivity contribution >= 4 is 17.8 Å². The molecule has 2 aromatic heterocycles. The molecule has 0 aliphatic rings. The number of carbonyl (C=O) groups excluding carboxylic acids is 2. The fraction of sp³-hybridized carbons (Fsp3) is 0.360. The monoisotopic (exact) mass is 638 g/mol. The van der Waals surface area contributed by atoms with E-state index < -0.39 is 43.4 Å². The molecule has 0 spiro atoms. The lowest BCUT2D eigenvalue weighted by Crippen LogP contribution is -2.33. The lowest BCUT2D eigenvalue weighted by Gasteiger charge is -2.14. The lowest BCUT2D eigenvalue weighted by atomic mass is 10.1. The molecule has 0 unspecified atom stereocenters. The third-order valence-corrected chi connectivity index (χ3v) is 4.99. The highest BCUT2D eigenvalue weighted by Gasteiger charge is 2.38. The molecule has 3 rings (SSSR count). The molecule has 44 heavy (non-hydrogen) atoms. The fourth-order valence-corrected chi connectivity index (χ4v) is 3.04. The van der Waals surface area contributed by atoms with Gasteiger partial charge in [-0.05, 0) is 30.3 Å². The number of carboxylic acids is 1. The van der Waals surface area contributed by atoms with Crippen LogP contribution in [0.3, 0.4) is 0 Å². The SMILES string of the molecule is O=C(NCC(F)(F)F)c1ccc(-n2cc(C(=O)NCCc3ccccn3)nn2)c(OCCOCCF)c1.O=C(O)C(F)(F)F. The number of nitrogens with one attached hydrogen (secondary N) is 2. The lowest BCUT2D eigenvalue weighted by molar-refractivity contribution is -0.192. The first-order valence-electron chi connectivity index (χ1n) is 12.4. The predicted octanol–water partition coefficient (Wildman–Crippen LogP) is 2.93. The maximum atomic E-state index is 12.5. The highest BCUT2D eigenvalue weighted by Crippen LogP contribution is 2.25. The van der Waals surface area contributed by atoms with Crippen LogP contribution in [0.2, 0.25) is 0 Å². The summed E-state index contributed by atoms with van der Waals surface area (Å²) < 4.78 is 93.2. The smallest absolute Gasteiger partial charge is 0.489 e. The van der Waals surface area contributed by atoms with Crippen LogP contribution >= 0.6 is 0 Å². The van der Waals surface area contributed by atoms with Gasteiger partial charge in [-0.1, -0.05) is 11.3 Å². The van der Waals surface area contributed by atoms with Gasteiger partial charge in [-0.25, -0.2) is 13.9 Å². The highest BCUT2D eigenvalue weighted by molar-refractivity contribution is 5.95. The molecule has 1 aromatic carbocycles. The van der Waals surface area contributed by atoms with E-state index in [0.29, 0.717) is 13.0 Å². The van der Waals surface area contributed by atoms with Crippen LogP contribution in [-0.2, 0) is 16.0 Å². The van der Waals surface area contributed by atoms with E-state index in [-0.39, 0.29) is 42.5 Å². The first-order chi connectivity index (χ1) is 20.7. The van der Waals surface area contributed by atoms with E-state index >= 15 is 0 Å². The molecule has 0 aliphatic heterocycles. The molecule has 0 bridgehead atoms. The second kappa shape index (κ2) is 16.7. The van der Waals surface area contributed by atoms with Crippen molar-refractivity contribution in [1.29, 1.82) is 0 Å². The number of nitrogens with zero attached hydrogens (tertiary/aromatic N) is 4. The van der Waals surface area contributed by atoms with Gasteiger partial charge in [0.25, 0.3) is 11.8 Å². The second-order valence-corrected chi connectivity index (χ2v) is 8.31. The molecule has 0 aliphatic carbocycles.